The zero-order valence-electron chi connectivity index (χ0n) is 8.48. The van der Waals surface area contributed by atoms with Gasteiger partial charge in [-0.2, -0.15) is 0 Å². The fourth-order valence-electron chi connectivity index (χ4n) is 1.44. The summed E-state index contributed by atoms with van der Waals surface area (Å²) < 4.78 is 0. The molecule has 0 spiro atoms. The Balaban J connectivity index is 2.22. The minimum absolute atomic E-state index is 0.123. The van der Waals surface area contributed by atoms with Gasteiger partial charge in [0.15, 0.2) is 0 Å². The minimum atomic E-state index is -0.123. The number of hydrogen-bond acceptors (Lipinski definition) is 2. The standard InChI is InChI=1S/C12H12ClNS/c1-2-9-3-5-10(6-4-9)12(13)11-7-15-8-14-11/h3-8,12H,2H2,1H3. The Morgan fingerprint density at radius 1 is 1.33 bits per heavy atom. The number of rotatable bonds is 3. The van der Waals surface area contributed by atoms with Crippen molar-refractivity contribution in [3.05, 3.63) is 52.0 Å². The fraction of sp³-hybridized carbons (Fsp3) is 0.250. The van der Waals surface area contributed by atoms with E-state index in [2.05, 4.69) is 36.2 Å². The van der Waals surface area contributed by atoms with Crippen molar-refractivity contribution in [3.8, 4) is 0 Å². The predicted octanol–water partition coefficient (Wildman–Crippen LogP) is 4.03. The van der Waals surface area contributed by atoms with Gasteiger partial charge in [0.05, 0.1) is 11.2 Å². The van der Waals surface area contributed by atoms with Gasteiger partial charge < -0.3 is 0 Å². The third-order valence-electron chi connectivity index (χ3n) is 2.39. The number of hydrogen-bond donors (Lipinski definition) is 0. The van der Waals surface area contributed by atoms with E-state index in [0.29, 0.717) is 0 Å². The maximum Gasteiger partial charge on any atom is 0.101 e. The van der Waals surface area contributed by atoms with Crippen LogP contribution in [0, 0.1) is 0 Å². The molecular formula is C12H12ClNS. The highest BCUT2D eigenvalue weighted by atomic mass is 35.5. The molecule has 78 valence electrons. The van der Waals surface area contributed by atoms with Crippen LogP contribution < -0.4 is 0 Å². The van der Waals surface area contributed by atoms with Crippen molar-refractivity contribution in [3.63, 3.8) is 0 Å². The molecule has 1 heterocycles. The average molecular weight is 238 g/mol. The van der Waals surface area contributed by atoms with Crippen molar-refractivity contribution in [2.24, 2.45) is 0 Å². The van der Waals surface area contributed by atoms with Crippen LogP contribution in [0.15, 0.2) is 35.2 Å². The monoisotopic (exact) mass is 237 g/mol. The van der Waals surface area contributed by atoms with Gasteiger partial charge in [0.2, 0.25) is 0 Å². The van der Waals surface area contributed by atoms with Crippen LogP contribution in [0.5, 0.6) is 0 Å². The molecule has 1 atom stereocenters. The molecule has 1 unspecified atom stereocenters. The molecule has 2 aromatic rings. The van der Waals surface area contributed by atoms with Crippen molar-refractivity contribution in [1.82, 2.24) is 4.98 Å². The Hall–Kier alpha value is -0.860. The van der Waals surface area contributed by atoms with Gasteiger partial charge in [0, 0.05) is 5.38 Å². The summed E-state index contributed by atoms with van der Waals surface area (Å²) in [5, 5.41) is 1.87. The maximum atomic E-state index is 6.31. The summed E-state index contributed by atoms with van der Waals surface area (Å²) in [6.45, 7) is 2.15. The second kappa shape index (κ2) is 4.77. The minimum Gasteiger partial charge on any atom is -0.248 e. The summed E-state index contributed by atoms with van der Waals surface area (Å²) in [7, 11) is 0. The Bertz CT molecular complexity index is 408. The van der Waals surface area contributed by atoms with E-state index in [0.717, 1.165) is 17.7 Å². The first-order chi connectivity index (χ1) is 7.31. The molecule has 0 fully saturated rings. The van der Waals surface area contributed by atoms with Crippen LogP contribution in [-0.4, -0.2) is 4.98 Å². The van der Waals surface area contributed by atoms with Crippen LogP contribution in [0.4, 0.5) is 0 Å². The largest absolute Gasteiger partial charge is 0.248 e. The topological polar surface area (TPSA) is 12.9 Å². The highest BCUT2D eigenvalue weighted by Crippen LogP contribution is 2.28. The number of nitrogens with zero attached hydrogens (tertiary/aromatic N) is 1. The summed E-state index contributed by atoms with van der Waals surface area (Å²) in [6.07, 6.45) is 1.06. The van der Waals surface area contributed by atoms with Gasteiger partial charge in [-0.1, -0.05) is 31.2 Å². The molecule has 0 radical (unpaired) electrons. The zero-order chi connectivity index (χ0) is 10.7. The number of alkyl halides is 1. The second-order valence-electron chi connectivity index (χ2n) is 3.37. The molecule has 0 aliphatic rings. The molecule has 0 amide bonds. The molecule has 0 N–H and O–H groups in total. The van der Waals surface area contributed by atoms with Crippen molar-refractivity contribution < 1.29 is 0 Å². The van der Waals surface area contributed by atoms with Crippen LogP contribution in [0.2, 0.25) is 0 Å². The summed E-state index contributed by atoms with van der Waals surface area (Å²) in [5.41, 5.74) is 5.19. The summed E-state index contributed by atoms with van der Waals surface area (Å²) in [4.78, 5) is 4.22. The first-order valence-electron chi connectivity index (χ1n) is 4.92. The second-order valence-corrected chi connectivity index (χ2v) is 4.53. The van der Waals surface area contributed by atoms with E-state index in [4.69, 9.17) is 11.6 Å². The van der Waals surface area contributed by atoms with Crippen LogP contribution >= 0.6 is 22.9 Å². The van der Waals surface area contributed by atoms with Crippen molar-refractivity contribution in [1.29, 1.82) is 0 Å². The van der Waals surface area contributed by atoms with Crippen LogP contribution in [0.3, 0.4) is 0 Å². The first-order valence-corrected chi connectivity index (χ1v) is 6.30. The van der Waals surface area contributed by atoms with Crippen molar-refractivity contribution >= 4 is 22.9 Å². The molecule has 0 saturated heterocycles. The average Bonchev–Trinajstić information content (AvgIpc) is 2.82. The van der Waals surface area contributed by atoms with Crippen LogP contribution in [-0.2, 0) is 6.42 Å². The molecule has 2 rings (SSSR count). The van der Waals surface area contributed by atoms with Gasteiger partial charge >= 0.3 is 0 Å². The number of benzene rings is 1. The molecule has 0 aliphatic heterocycles. The number of aromatic nitrogens is 1. The van der Waals surface area contributed by atoms with Crippen molar-refractivity contribution in [2.75, 3.05) is 0 Å². The molecular weight excluding hydrogens is 226 g/mol. The van der Waals surface area contributed by atoms with Crippen LogP contribution in [0.1, 0.15) is 29.1 Å². The van der Waals surface area contributed by atoms with Gasteiger partial charge in [0.25, 0.3) is 0 Å². The zero-order valence-corrected chi connectivity index (χ0v) is 10.1. The lowest BCUT2D eigenvalue weighted by molar-refractivity contribution is 1.05. The van der Waals surface area contributed by atoms with E-state index in [-0.39, 0.29) is 5.38 Å². The van der Waals surface area contributed by atoms with E-state index >= 15 is 0 Å². The van der Waals surface area contributed by atoms with Gasteiger partial charge in [-0.3, -0.25) is 0 Å². The smallest absolute Gasteiger partial charge is 0.101 e. The van der Waals surface area contributed by atoms with Crippen molar-refractivity contribution in [2.45, 2.75) is 18.7 Å². The highest BCUT2D eigenvalue weighted by molar-refractivity contribution is 7.07. The number of halogens is 1. The summed E-state index contributed by atoms with van der Waals surface area (Å²) in [5.74, 6) is 0. The van der Waals surface area contributed by atoms with Crippen LogP contribution in [0.25, 0.3) is 0 Å². The molecule has 1 aromatic heterocycles. The predicted molar refractivity (Wildman–Crippen MR) is 65.6 cm³/mol. The summed E-state index contributed by atoms with van der Waals surface area (Å²) in [6, 6.07) is 8.40. The highest BCUT2D eigenvalue weighted by Gasteiger charge is 2.11. The van der Waals surface area contributed by atoms with Gasteiger partial charge in [-0.25, -0.2) is 4.98 Å². The third-order valence-corrected chi connectivity index (χ3v) is 3.47. The van der Waals surface area contributed by atoms with Gasteiger partial charge in [0.1, 0.15) is 5.38 Å². The molecule has 0 saturated carbocycles. The van der Waals surface area contributed by atoms with Gasteiger partial charge in [-0.05, 0) is 17.5 Å². The lowest BCUT2D eigenvalue weighted by atomic mass is 10.1. The Morgan fingerprint density at radius 2 is 2.07 bits per heavy atom. The first kappa shape index (κ1) is 10.7. The Morgan fingerprint density at radius 3 is 2.60 bits per heavy atom. The Kier molecular flexibility index (Phi) is 3.39. The van der Waals surface area contributed by atoms with E-state index in [1.54, 1.807) is 11.3 Å². The summed E-state index contributed by atoms with van der Waals surface area (Å²) >= 11 is 7.89. The third kappa shape index (κ3) is 2.39. The molecule has 3 heteroatoms. The van der Waals surface area contributed by atoms with Gasteiger partial charge in [-0.15, -0.1) is 22.9 Å². The normalized spacial score (nSPS) is 12.7. The quantitative estimate of drug-likeness (QED) is 0.735. The van der Waals surface area contributed by atoms with E-state index < -0.39 is 0 Å². The Labute approximate surface area is 98.7 Å². The molecule has 1 aromatic carbocycles. The van der Waals surface area contributed by atoms with E-state index in [9.17, 15) is 0 Å². The molecule has 0 bridgehead atoms. The number of thiazole rings is 1. The lowest BCUT2D eigenvalue weighted by Gasteiger charge is -2.07. The van der Waals surface area contributed by atoms with E-state index in [1.807, 2.05) is 10.9 Å². The SMILES string of the molecule is CCc1ccc(C(Cl)c2cscn2)cc1. The van der Waals surface area contributed by atoms with E-state index in [1.165, 1.54) is 5.56 Å². The fourth-order valence-corrected chi connectivity index (χ4v) is 2.36. The molecule has 1 nitrogen and oxygen atoms in total. The maximum absolute atomic E-state index is 6.31. The number of aryl methyl sites for hydroxylation is 1. The lowest BCUT2D eigenvalue weighted by Crippen LogP contribution is -1.93. The molecule has 0 aliphatic carbocycles. The molecule has 15 heavy (non-hydrogen) atoms.